The monoisotopic (exact) mass is 208 g/mol. The van der Waals surface area contributed by atoms with Gasteiger partial charge in [0.2, 0.25) is 5.91 Å². The Balaban J connectivity index is 1.58. The molecule has 2 bridgehead atoms. The molecular weight excluding hydrogens is 188 g/mol. The van der Waals surface area contributed by atoms with Gasteiger partial charge in [-0.2, -0.15) is 0 Å². The minimum atomic E-state index is 0.425. The van der Waals surface area contributed by atoms with Crippen molar-refractivity contribution in [3.8, 4) is 0 Å². The van der Waals surface area contributed by atoms with E-state index in [1.165, 1.54) is 19.3 Å². The van der Waals surface area contributed by atoms with Crippen LogP contribution in [-0.2, 0) is 4.79 Å². The van der Waals surface area contributed by atoms with Gasteiger partial charge in [0, 0.05) is 19.5 Å². The second-order valence-corrected chi connectivity index (χ2v) is 5.57. The Morgan fingerprint density at radius 3 is 2.47 bits per heavy atom. The van der Waals surface area contributed by atoms with E-state index in [4.69, 9.17) is 0 Å². The van der Waals surface area contributed by atoms with Crippen molar-refractivity contribution in [2.24, 2.45) is 17.8 Å². The smallest absolute Gasteiger partial charge is 0.222 e. The van der Waals surface area contributed by atoms with E-state index in [-0.39, 0.29) is 0 Å². The zero-order valence-corrected chi connectivity index (χ0v) is 9.24. The molecule has 1 N–H and O–H groups in total. The number of carbonyl (C=O) groups is 1. The minimum Gasteiger partial charge on any atom is -0.342 e. The molecule has 2 saturated heterocycles. The summed E-state index contributed by atoms with van der Waals surface area (Å²) in [7, 11) is 0. The molecule has 0 aromatic heterocycles. The lowest BCUT2D eigenvalue weighted by atomic mass is 9.85. The number of piperidine rings is 2. The van der Waals surface area contributed by atoms with Crippen molar-refractivity contribution in [1.82, 2.24) is 10.2 Å². The third-order valence-corrected chi connectivity index (χ3v) is 4.00. The van der Waals surface area contributed by atoms with Gasteiger partial charge < -0.3 is 10.2 Å². The highest BCUT2D eigenvalue weighted by molar-refractivity contribution is 5.76. The Kier molecular flexibility index (Phi) is 2.43. The number of likely N-dealkylation sites (tertiary alicyclic amines) is 1. The van der Waals surface area contributed by atoms with Gasteiger partial charge in [-0.05, 0) is 50.1 Å². The molecule has 1 aliphatic carbocycles. The first-order valence-corrected chi connectivity index (χ1v) is 6.30. The van der Waals surface area contributed by atoms with Gasteiger partial charge in [0.15, 0.2) is 0 Å². The molecule has 2 unspecified atom stereocenters. The van der Waals surface area contributed by atoms with E-state index in [0.29, 0.717) is 5.91 Å². The van der Waals surface area contributed by atoms with Crippen LogP contribution in [0.1, 0.15) is 25.7 Å². The molecule has 2 atom stereocenters. The molecule has 3 aliphatic rings. The molecule has 0 spiro atoms. The summed E-state index contributed by atoms with van der Waals surface area (Å²) in [5.41, 5.74) is 0. The van der Waals surface area contributed by atoms with Crippen LogP contribution < -0.4 is 5.32 Å². The number of amides is 1. The highest BCUT2D eigenvalue weighted by Crippen LogP contribution is 2.34. The Morgan fingerprint density at radius 2 is 1.87 bits per heavy atom. The third kappa shape index (κ3) is 2.17. The third-order valence-electron chi connectivity index (χ3n) is 4.00. The van der Waals surface area contributed by atoms with Crippen molar-refractivity contribution in [3.63, 3.8) is 0 Å². The van der Waals surface area contributed by atoms with E-state index in [1.807, 2.05) is 0 Å². The Morgan fingerprint density at radius 1 is 1.20 bits per heavy atom. The number of rotatable bonds is 2. The maximum absolute atomic E-state index is 12.0. The van der Waals surface area contributed by atoms with Crippen molar-refractivity contribution in [1.29, 1.82) is 0 Å². The Bertz CT molecular complexity index is 250. The summed E-state index contributed by atoms with van der Waals surface area (Å²) in [5, 5.41) is 3.46. The zero-order valence-electron chi connectivity index (χ0n) is 9.24. The summed E-state index contributed by atoms with van der Waals surface area (Å²) in [6, 6.07) is 0. The van der Waals surface area contributed by atoms with E-state index in [2.05, 4.69) is 10.2 Å². The topological polar surface area (TPSA) is 32.3 Å². The molecule has 0 aromatic carbocycles. The molecule has 3 fully saturated rings. The summed E-state index contributed by atoms with van der Waals surface area (Å²) in [6.45, 7) is 4.25. The maximum Gasteiger partial charge on any atom is 0.222 e. The molecule has 15 heavy (non-hydrogen) atoms. The van der Waals surface area contributed by atoms with Gasteiger partial charge in [-0.15, -0.1) is 0 Å². The first-order valence-electron chi connectivity index (χ1n) is 6.30. The van der Waals surface area contributed by atoms with Gasteiger partial charge in [0.05, 0.1) is 0 Å². The average molecular weight is 208 g/mol. The molecular formula is C12H20N2O. The summed E-state index contributed by atoms with van der Waals surface area (Å²) in [4.78, 5) is 14.1. The van der Waals surface area contributed by atoms with Gasteiger partial charge >= 0.3 is 0 Å². The van der Waals surface area contributed by atoms with Crippen molar-refractivity contribution in [2.45, 2.75) is 25.7 Å². The maximum atomic E-state index is 12.0. The van der Waals surface area contributed by atoms with Crippen molar-refractivity contribution < 1.29 is 4.79 Å². The Hall–Kier alpha value is -0.570. The van der Waals surface area contributed by atoms with E-state index in [1.54, 1.807) is 0 Å². The predicted octanol–water partition coefficient (Wildman–Crippen LogP) is 0.854. The second kappa shape index (κ2) is 3.78. The standard InChI is InChI=1S/C12H20N2O/c15-12(4-9-1-2-9)14-7-10-3-11(8-14)6-13-5-10/h9-11,13H,1-8H2. The van der Waals surface area contributed by atoms with Crippen LogP contribution in [0.15, 0.2) is 0 Å². The highest BCUT2D eigenvalue weighted by atomic mass is 16.2. The number of fused-ring (bicyclic) bond motifs is 2. The second-order valence-electron chi connectivity index (χ2n) is 5.57. The Labute approximate surface area is 91.2 Å². The fourth-order valence-electron chi connectivity index (χ4n) is 3.01. The van der Waals surface area contributed by atoms with Crippen LogP contribution in [0.3, 0.4) is 0 Å². The van der Waals surface area contributed by atoms with E-state index >= 15 is 0 Å². The normalized spacial score (nSPS) is 35.3. The highest BCUT2D eigenvalue weighted by Gasteiger charge is 2.34. The molecule has 2 heterocycles. The van der Waals surface area contributed by atoms with Crippen LogP contribution >= 0.6 is 0 Å². The first-order chi connectivity index (χ1) is 7.31. The molecule has 1 amide bonds. The van der Waals surface area contributed by atoms with Gasteiger partial charge in [-0.25, -0.2) is 0 Å². The van der Waals surface area contributed by atoms with Crippen LogP contribution in [-0.4, -0.2) is 37.0 Å². The lowest BCUT2D eigenvalue weighted by Crippen LogP contribution is -2.52. The molecule has 0 radical (unpaired) electrons. The van der Waals surface area contributed by atoms with Crippen LogP contribution in [0.25, 0.3) is 0 Å². The van der Waals surface area contributed by atoms with Crippen LogP contribution in [0.4, 0.5) is 0 Å². The molecule has 3 heteroatoms. The number of carbonyl (C=O) groups excluding carboxylic acids is 1. The first kappa shape index (κ1) is 9.64. The van der Waals surface area contributed by atoms with Gasteiger partial charge in [-0.1, -0.05) is 0 Å². The summed E-state index contributed by atoms with van der Waals surface area (Å²) < 4.78 is 0. The largest absolute Gasteiger partial charge is 0.342 e. The fourth-order valence-corrected chi connectivity index (χ4v) is 3.01. The van der Waals surface area contributed by atoms with E-state index in [0.717, 1.165) is 50.4 Å². The molecule has 3 nitrogen and oxygen atoms in total. The lowest BCUT2D eigenvalue weighted by molar-refractivity contribution is -0.135. The van der Waals surface area contributed by atoms with Gasteiger partial charge in [0.1, 0.15) is 0 Å². The predicted molar refractivity (Wildman–Crippen MR) is 58.4 cm³/mol. The van der Waals surface area contributed by atoms with Gasteiger partial charge in [0.25, 0.3) is 0 Å². The van der Waals surface area contributed by atoms with Crippen molar-refractivity contribution in [2.75, 3.05) is 26.2 Å². The number of nitrogens with zero attached hydrogens (tertiary/aromatic N) is 1. The number of nitrogens with one attached hydrogen (secondary N) is 1. The van der Waals surface area contributed by atoms with Crippen LogP contribution in [0, 0.1) is 17.8 Å². The molecule has 0 aromatic rings. The zero-order chi connectivity index (χ0) is 10.3. The van der Waals surface area contributed by atoms with E-state index < -0.39 is 0 Å². The fraction of sp³-hybridized carbons (Fsp3) is 0.917. The summed E-state index contributed by atoms with van der Waals surface area (Å²) in [5.74, 6) is 2.60. The minimum absolute atomic E-state index is 0.425. The summed E-state index contributed by atoms with van der Waals surface area (Å²) >= 11 is 0. The molecule has 2 aliphatic heterocycles. The quantitative estimate of drug-likeness (QED) is 0.730. The molecule has 1 saturated carbocycles. The van der Waals surface area contributed by atoms with Crippen molar-refractivity contribution >= 4 is 5.91 Å². The number of hydrogen-bond donors (Lipinski definition) is 1. The SMILES string of the molecule is O=C(CC1CC1)N1CC2CNCC(C2)C1. The average Bonchev–Trinajstić information content (AvgIpc) is 3.01. The molecule has 3 rings (SSSR count). The molecule has 84 valence electrons. The number of hydrogen-bond acceptors (Lipinski definition) is 2. The van der Waals surface area contributed by atoms with Crippen LogP contribution in [0.2, 0.25) is 0 Å². The van der Waals surface area contributed by atoms with Gasteiger partial charge in [-0.3, -0.25) is 4.79 Å². The van der Waals surface area contributed by atoms with Crippen molar-refractivity contribution in [3.05, 3.63) is 0 Å². The van der Waals surface area contributed by atoms with E-state index in [9.17, 15) is 4.79 Å². The van der Waals surface area contributed by atoms with Crippen LogP contribution in [0.5, 0.6) is 0 Å². The summed E-state index contributed by atoms with van der Waals surface area (Å²) in [6.07, 6.45) is 4.73. The lowest BCUT2D eigenvalue weighted by Gasteiger charge is -2.41.